The Balaban J connectivity index is 2.30. The van der Waals surface area contributed by atoms with E-state index in [1.165, 1.54) is 0 Å². The highest BCUT2D eigenvalue weighted by Crippen LogP contribution is 2.31. The number of primary amides is 1. The van der Waals surface area contributed by atoms with Gasteiger partial charge in [-0.1, -0.05) is 27.2 Å². The number of amides is 2. The second-order valence-electron chi connectivity index (χ2n) is 7.18. The fourth-order valence-corrected chi connectivity index (χ4v) is 3.16. The molecule has 1 fully saturated rings. The zero-order valence-electron chi connectivity index (χ0n) is 14.4. The van der Waals surface area contributed by atoms with E-state index in [1.54, 1.807) is 13.1 Å². The third-order valence-electron chi connectivity index (χ3n) is 4.27. The Bertz CT molecular complexity index is 586. The van der Waals surface area contributed by atoms with Crippen molar-refractivity contribution < 1.29 is 14.0 Å². The lowest BCUT2D eigenvalue weighted by atomic mass is 9.90. The predicted octanol–water partition coefficient (Wildman–Crippen LogP) is 1.78. The monoisotopic (exact) mass is 321 g/mol. The third kappa shape index (κ3) is 3.93. The summed E-state index contributed by atoms with van der Waals surface area (Å²) in [5.41, 5.74) is 6.06. The summed E-state index contributed by atoms with van der Waals surface area (Å²) in [6, 6.07) is 1.59. The number of carbonyl (C=O) groups is 2. The molecule has 3 N–H and O–H groups in total. The first-order valence-corrected chi connectivity index (χ1v) is 8.12. The minimum absolute atomic E-state index is 0.0422. The van der Waals surface area contributed by atoms with E-state index in [9.17, 15) is 9.59 Å². The second kappa shape index (κ2) is 6.74. The highest BCUT2D eigenvalue weighted by molar-refractivity contribution is 5.90. The average Bonchev–Trinajstić information content (AvgIpc) is 2.91. The van der Waals surface area contributed by atoms with E-state index in [0.717, 1.165) is 37.1 Å². The molecule has 0 spiro atoms. The standard InChI is InChI=1S/C17H27N3O3/c1-17(2,3)14-11(9-13(23-14)15(18)21)10-20-8-6-5-7-12(20)16(22)19-4/h9,12H,5-8,10H2,1-4H3,(H2,18,21)(H,19,22)/t12-/m0/s1. The van der Waals surface area contributed by atoms with Crippen molar-refractivity contribution in [1.82, 2.24) is 10.2 Å². The summed E-state index contributed by atoms with van der Waals surface area (Å²) in [5, 5.41) is 2.74. The molecule has 0 aliphatic carbocycles. The van der Waals surface area contributed by atoms with Gasteiger partial charge in [-0.15, -0.1) is 0 Å². The molecule has 1 saturated heterocycles. The van der Waals surface area contributed by atoms with Gasteiger partial charge < -0.3 is 15.5 Å². The van der Waals surface area contributed by atoms with Crippen molar-refractivity contribution in [2.24, 2.45) is 5.73 Å². The van der Waals surface area contributed by atoms with E-state index in [0.29, 0.717) is 6.54 Å². The summed E-state index contributed by atoms with van der Waals surface area (Å²) in [5.74, 6) is 0.412. The molecular weight excluding hydrogens is 294 g/mol. The smallest absolute Gasteiger partial charge is 0.284 e. The predicted molar refractivity (Wildman–Crippen MR) is 88.0 cm³/mol. The van der Waals surface area contributed by atoms with Crippen LogP contribution in [0.1, 0.15) is 61.9 Å². The number of nitrogens with zero attached hydrogens (tertiary/aromatic N) is 1. The quantitative estimate of drug-likeness (QED) is 0.884. The van der Waals surface area contributed by atoms with E-state index in [-0.39, 0.29) is 23.1 Å². The van der Waals surface area contributed by atoms with Crippen LogP contribution in [0.15, 0.2) is 10.5 Å². The first-order chi connectivity index (χ1) is 10.7. The van der Waals surface area contributed by atoms with Gasteiger partial charge in [-0.2, -0.15) is 0 Å². The van der Waals surface area contributed by atoms with E-state index >= 15 is 0 Å². The minimum Gasteiger partial charge on any atom is -0.455 e. The minimum atomic E-state index is -0.566. The molecule has 1 aromatic rings. The molecule has 6 heteroatoms. The molecule has 1 aromatic heterocycles. The van der Waals surface area contributed by atoms with Crippen LogP contribution in [0, 0.1) is 0 Å². The molecule has 23 heavy (non-hydrogen) atoms. The van der Waals surface area contributed by atoms with Crippen molar-refractivity contribution in [2.75, 3.05) is 13.6 Å². The number of furan rings is 1. The molecule has 6 nitrogen and oxygen atoms in total. The van der Waals surface area contributed by atoms with Crippen LogP contribution in [0.5, 0.6) is 0 Å². The lowest BCUT2D eigenvalue weighted by Crippen LogP contribution is -2.48. The molecule has 2 rings (SSSR count). The maximum absolute atomic E-state index is 12.1. The molecule has 128 valence electrons. The molecule has 2 heterocycles. The number of likely N-dealkylation sites (tertiary alicyclic amines) is 1. The largest absolute Gasteiger partial charge is 0.455 e. The molecule has 0 radical (unpaired) electrons. The number of hydrogen-bond acceptors (Lipinski definition) is 4. The summed E-state index contributed by atoms with van der Waals surface area (Å²) < 4.78 is 5.70. The van der Waals surface area contributed by atoms with Gasteiger partial charge in [0.05, 0.1) is 6.04 Å². The topological polar surface area (TPSA) is 88.6 Å². The first kappa shape index (κ1) is 17.5. The van der Waals surface area contributed by atoms with E-state index in [1.807, 2.05) is 20.8 Å². The van der Waals surface area contributed by atoms with Crippen molar-refractivity contribution in [3.05, 3.63) is 23.2 Å². The van der Waals surface area contributed by atoms with Crippen LogP contribution in [-0.2, 0) is 16.8 Å². The Labute approximate surface area is 137 Å². The fourth-order valence-electron chi connectivity index (χ4n) is 3.16. The van der Waals surface area contributed by atoms with Crippen molar-refractivity contribution in [1.29, 1.82) is 0 Å². The molecular formula is C17H27N3O3. The Morgan fingerprint density at radius 1 is 1.39 bits per heavy atom. The number of nitrogens with two attached hydrogens (primary N) is 1. The molecule has 0 bridgehead atoms. The molecule has 1 aliphatic rings. The third-order valence-corrected chi connectivity index (χ3v) is 4.27. The summed E-state index contributed by atoms with van der Waals surface area (Å²) in [7, 11) is 1.67. The number of rotatable bonds is 4. The zero-order chi connectivity index (χ0) is 17.2. The summed E-state index contributed by atoms with van der Waals surface area (Å²) in [6.45, 7) is 7.55. The van der Waals surface area contributed by atoms with Gasteiger partial charge >= 0.3 is 0 Å². The van der Waals surface area contributed by atoms with E-state index < -0.39 is 5.91 Å². The van der Waals surface area contributed by atoms with Gasteiger partial charge in [0, 0.05) is 24.6 Å². The van der Waals surface area contributed by atoms with Gasteiger partial charge in [0.25, 0.3) is 5.91 Å². The van der Waals surface area contributed by atoms with Crippen LogP contribution >= 0.6 is 0 Å². The Morgan fingerprint density at radius 2 is 2.09 bits per heavy atom. The molecule has 2 amide bonds. The molecule has 0 saturated carbocycles. The van der Waals surface area contributed by atoms with Crippen molar-refractivity contribution in [2.45, 2.75) is 58.0 Å². The maximum Gasteiger partial charge on any atom is 0.284 e. The van der Waals surface area contributed by atoms with Crippen LogP contribution < -0.4 is 11.1 Å². The summed E-state index contributed by atoms with van der Waals surface area (Å²) in [4.78, 5) is 25.7. The van der Waals surface area contributed by atoms with E-state index in [2.05, 4.69) is 10.2 Å². The molecule has 1 aliphatic heterocycles. The number of nitrogens with one attached hydrogen (secondary N) is 1. The Morgan fingerprint density at radius 3 is 2.65 bits per heavy atom. The van der Waals surface area contributed by atoms with Gasteiger partial charge in [0.15, 0.2) is 5.76 Å². The Kier molecular flexibility index (Phi) is 5.14. The van der Waals surface area contributed by atoms with Crippen molar-refractivity contribution >= 4 is 11.8 Å². The van der Waals surface area contributed by atoms with Crippen LogP contribution in [0.4, 0.5) is 0 Å². The lowest BCUT2D eigenvalue weighted by molar-refractivity contribution is -0.127. The number of piperidine rings is 1. The number of likely N-dealkylation sites (N-methyl/N-ethyl adjacent to an activating group) is 1. The second-order valence-corrected chi connectivity index (χ2v) is 7.18. The molecule has 0 aromatic carbocycles. The van der Waals surface area contributed by atoms with Crippen LogP contribution in [0.25, 0.3) is 0 Å². The van der Waals surface area contributed by atoms with Gasteiger partial charge in [-0.3, -0.25) is 14.5 Å². The van der Waals surface area contributed by atoms with Crippen LogP contribution in [0.3, 0.4) is 0 Å². The maximum atomic E-state index is 12.1. The van der Waals surface area contributed by atoms with Crippen molar-refractivity contribution in [3.8, 4) is 0 Å². The number of hydrogen-bond donors (Lipinski definition) is 2. The number of carbonyl (C=O) groups excluding carboxylic acids is 2. The van der Waals surface area contributed by atoms with Crippen LogP contribution in [-0.4, -0.2) is 36.3 Å². The van der Waals surface area contributed by atoms with Gasteiger partial charge in [-0.25, -0.2) is 0 Å². The lowest BCUT2D eigenvalue weighted by Gasteiger charge is -2.34. The fraction of sp³-hybridized carbons (Fsp3) is 0.647. The Hall–Kier alpha value is -1.82. The normalized spacial score (nSPS) is 19.6. The van der Waals surface area contributed by atoms with Gasteiger partial charge in [-0.05, 0) is 25.5 Å². The van der Waals surface area contributed by atoms with E-state index in [4.69, 9.17) is 10.2 Å². The van der Waals surface area contributed by atoms with Gasteiger partial charge in [0.2, 0.25) is 5.91 Å². The SMILES string of the molecule is CNC(=O)[C@@H]1CCCCN1Cc1cc(C(N)=O)oc1C(C)(C)C. The zero-order valence-corrected chi connectivity index (χ0v) is 14.4. The first-order valence-electron chi connectivity index (χ1n) is 8.12. The molecule has 1 atom stereocenters. The molecule has 0 unspecified atom stereocenters. The highest BCUT2D eigenvalue weighted by Gasteiger charge is 2.31. The highest BCUT2D eigenvalue weighted by atomic mass is 16.4. The van der Waals surface area contributed by atoms with Crippen molar-refractivity contribution in [3.63, 3.8) is 0 Å². The summed E-state index contributed by atoms with van der Waals surface area (Å²) >= 11 is 0. The van der Waals surface area contributed by atoms with Gasteiger partial charge in [0.1, 0.15) is 5.76 Å². The summed E-state index contributed by atoms with van der Waals surface area (Å²) in [6.07, 6.45) is 2.97. The average molecular weight is 321 g/mol. The van der Waals surface area contributed by atoms with Crippen LogP contribution in [0.2, 0.25) is 0 Å².